The largest absolute Gasteiger partial charge is 0.357 e. The van der Waals surface area contributed by atoms with Crippen molar-refractivity contribution in [1.29, 1.82) is 0 Å². The second-order valence-corrected chi connectivity index (χ2v) is 8.17. The van der Waals surface area contributed by atoms with E-state index in [1.165, 1.54) is 37.4 Å². The van der Waals surface area contributed by atoms with Crippen LogP contribution in [0, 0.1) is 0 Å². The molecule has 1 saturated heterocycles. The van der Waals surface area contributed by atoms with Gasteiger partial charge >= 0.3 is 0 Å². The molecule has 28 heavy (non-hydrogen) atoms. The molecule has 0 radical (unpaired) electrons. The Labute approximate surface area is 169 Å². The van der Waals surface area contributed by atoms with Gasteiger partial charge < -0.3 is 15.5 Å². The van der Waals surface area contributed by atoms with Crippen molar-refractivity contribution in [2.24, 2.45) is 0 Å². The van der Waals surface area contributed by atoms with Gasteiger partial charge in [0.15, 0.2) is 0 Å². The number of nitrogens with one attached hydrogen (secondary N) is 2. The van der Waals surface area contributed by atoms with Gasteiger partial charge in [-0.3, -0.25) is 9.59 Å². The normalized spacial score (nSPS) is 16.7. The number of nitrogens with zero attached hydrogens (tertiary/aromatic N) is 2. The molecule has 6 nitrogen and oxygen atoms in total. The highest BCUT2D eigenvalue weighted by molar-refractivity contribution is 8.00. The van der Waals surface area contributed by atoms with E-state index in [9.17, 15) is 9.59 Å². The Morgan fingerprint density at radius 3 is 2.71 bits per heavy atom. The highest BCUT2D eigenvalue weighted by Gasteiger charge is 2.17. The van der Waals surface area contributed by atoms with Gasteiger partial charge in [-0.15, -0.1) is 11.8 Å². The summed E-state index contributed by atoms with van der Waals surface area (Å²) in [5.74, 6) is 1.23. The average molecular weight is 397 g/mol. The molecule has 1 aromatic carbocycles. The van der Waals surface area contributed by atoms with Crippen LogP contribution in [0.1, 0.15) is 41.6 Å². The Bertz CT molecular complexity index is 861. The summed E-state index contributed by atoms with van der Waals surface area (Å²) in [7, 11) is 0. The van der Waals surface area contributed by atoms with Crippen LogP contribution in [0.5, 0.6) is 0 Å². The number of hydrogen-bond acceptors (Lipinski definition) is 5. The number of thioether (sulfide) groups is 1. The van der Waals surface area contributed by atoms with E-state index >= 15 is 0 Å². The number of benzene rings is 1. The molecule has 7 heteroatoms. The molecule has 0 spiro atoms. The summed E-state index contributed by atoms with van der Waals surface area (Å²) in [6.45, 7) is 2.55. The number of aromatic nitrogens is 1. The maximum atomic E-state index is 12.5. The molecule has 0 unspecified atom stereocenters. The number of rotatable bonds is 4. The van der Waals surface area contributed by atoms with E-state index in [-0.39, 0.29) is 11.8 Å². The van der Waals surface area contributed by atoms with Gasteiger partial charge in [0, 0.05) is 36.3 Å². The van der Waals surface area contributed by atoms with Gasteiger partial charge in [-0.1, -0.05) is 18.9 Å². The lowest BCUT2D eigenvalue weighted by atomic mass is 10.1. The van der Waals surface area contributed by atoms with Crippen LogP contribution in [0.4, 0.5) is 11.5 Å². The quantitative estimate of drug-likeness (QED) is 0.828. The fourth-order valence-corrected chi connectivity index (χ4v) is 4.31. The highest BCUT2D eigenvalue weighted by atomic mass is 32.2. The Morgan fingerprint density at radius 2 is 1.96 bits per heavy atom. The molecular formula is C21H24N4O2S. The maximum absolute atomic E-state index is 12.5. The van der Waals surface area contributed by atoms with Gasteiger partial charge in [0.2, 0.25) is 5.91 Å². The second-order valence-electron chi connectivity index (χ2n) is 7.16. The van der Waals surface area contributed by atoms with Crippen LogP contribution in [0.2, 0.25) is 0 Å². The molecule has 4 rings (SSSR count). The first-order valence-corrected chi connectivity index (χ1v) is 10.7. The van der Waals surface area contributed by atoms with E-state index in [2.05, 4.69) is 20.5 Å². The number of amides is 2. The summed E-state index contributed by atoms with van der Waals surface area (Å²) >= 11 is 1.49. The summed E-state index contributed by atoms with van der Waals surface area (Å²) in [5.41, 5.74) is 2.21. The topological polar surface area (TPSA) is 74.3 Å². The maximum Gasteiger partial charge on any atom is 0.251 e. The Hall–Kier alpha value is -2.54. The van der Waals surface area contributed by atoms with Gasteiger partial charge in [-0.05, 0) is 42.7 Å². The molecule has 2 aliphatic rings. The smallest absolute Gasteiger partial charge is 0.251 e. The highest BCUT2D eigenvalue weighted by Crippen LogP contribution is 2.31. The molecule has 2 N–H and O–H groups in total. The Morgan fingerprint density at radius 1 is 1.14 bits per heavy atom. The Balaban J connectivity index is 1.36. The van der Waals surface area contributed by atoms with Crippen LogP contribution in [0.25, 0.3) is 0 Å². The van der Waals surface area contributed by atoms with Gasteiger partial charge in [0.25, 0.3) is 5.91 Å². The van der Waals surface area contributed by atoms with E-state index in [1.807, 2.05) is 24.4 Å². The first-order valence-electron chi connectivity index (χ1n) is 9.74. The first-order chi connectivity index (χ1) is 13.7. The van der Waals surface area contributed by atoms with Crippen molar-refractivity contribution in [1.82, 2.24) is 10.3 Å². The minimum absolute atomic E-state index is 0.0365. The van der Waals surface area contributed by atoms with Crippen LogP contribution in [0.15, 0.2) is 41.4 Å². The summed E-state index contributed by atoms with van der Waals surface area (Å²) in [6, 6.07) is 9.47. The molecule has 0 bridgehead atoms. The third kappa shape index (κ3) is 4.47. The number of carbonyl (C=O) groups excluding carboxylic acids is 2. The monoisotopic (exact) mass is 396 g/mol. The SMILES string of the molecule is O=C1CSc2ccc(C(=O)NCc3ccc(N4CCCCCC4)nc3)cc2N1. The molecular weight excluding hydrogens is 372 g/mol. The number of fused-ring (bicyclic) bond motifs is 1. The lowest BCUT2D eigenvalue weighted by Gasteiger charge is -2.21. The molecule has 2 aromatic rings. The zero-order valence-electron chi connectivity index (χ0n) is 15.7. The number of carbonyl (C=O) groups is 2. The van der Waals surface area contributed by atoms with Crippen molar-refractivity contribution < 1.29 is 9.59 Å². The third-order valence-electron chi connectivity index (χ3n) is 5.07. The molecule has 2 aliphatic heterocycles. The summed E-state index contributed by atoms with van der Waals surface area (Å²) < 4.78 is 0. The van der Waals surface area contributed by atoms with Gasteiger partial charge in [-0.25, -0.2) is 4.98 Å². The first kappa shape index (κ1) is 18.8. The van der Waals surface area contributed by atoms with Crippen LogP contribution in [-0.2, 0) is 11.3 Å². The molecule has 3 heterocycles. The standard InChI is InChI=1S/C21H24N4O2S/c26-20-14-28-18-7-6-16(11-17(18)24-20)21(27)23-13-15-5-8-19(22-12-15)25-9-3-1-2-4-10-25/h5-8,11-12H,1-4,9-10,13-14H2,(H,23,27)(H,24,26). The minimum atomic E-state index is -0.163. The van der Waals surface area contributed by atoms with E-state index < -0.39 is 0 Å². The molecule has 2 amide bonds. The Kier molecular flexibility index (Phi) is 5.81. The zero-order chi connectivity index (χ0) is 19.3. The predicted octanol–water partition coefficient (Wildman–Crippen LogP) is 3.44. The van der Waals surface area contributed by atoms with Crippen molar-refractivity contribution >= 4 is 35.1 Å². The summed E-state index contributed by atoms with van der Waals surface area (Å²) in [4.78, 5) is 31.9. The van der Waals surface area contributed by atoms with E-state index in [1.54, 1.807) is 12.1 Å². The second kappa shape index (κ2) is 8.65. The van der Waals surface area contributed by atoms with Gasteiger partial charge in [0.05, 0.1) is 11.4 Å². The molecule has 0 atom stereocenters. The van der Waals surface area contributed by atoms with Gasteiger partial charge in [0.1, 0.15) is 5.82 Å². The molecule has 1 aromatic heterocycles. The fraction of sp³-hybridized carbons (Fsp3) is 0.381. The minimum Gasteiger partial charge on any atom is -0.357 e. The van der Waals surface area contributed by atoms with Crippen molar-refractivity contribution in [3.05, 3.63) is 47.7 Å². The number of pyridine rings is 1. The number of hydrogen-bond donors (Lipinski definition) is 2. The average Bonchev–Trinajstić information content (AvgIpc) is 3.01. The third-order valence-corrected chi connectivity index (χ3v) is 6.14. The van der Waals surface area contributed by atoms with Crippen LogP contribution in [0.3, 0.4) is 0 Å². The van der Waals surface area contributed by atoms with Crippen LogP contribution >= 0.6 is 11.8 Å². The van der Waals surface area contributed by atoms with Crippen LogP contribution < -0.4 is 15.5 Å². The van der Waals surface area contributed by atoms with Crippen molar-refractivity contribution in [3.63, 3.8) is 0 Å². The van der Waals surface area contributed by atoms with Crippen molar-refractivity contribution in [3.8, 4) is 0 Å². The lowest BCUT2D eigenvalue weighted by Crippen LogP contribution is -2.25. The summed E-state index contributed by atoms with van der Waals surface area (Å²) in [5, 5.41) is 5.75. The predicted molar refractivity (Wildman–Crippen MR) is 112 cm³/mol. The molecule has 0 aliphatic carbocycles. The lowest BCUT2D eigenvalue weighted by molar-refractivity contribution is -0.113. The van der Waals surface area contributed by atoms with Crippen LogP contribution in [-0.4, -0.2) is 35.6 Å². The summed E-state index contributed by atoms with van der Waals surface area (Å²) in [6.07, 6.45) is 6.88. The number of anilines is 2. The fourth-order valence-electron chi connectivity index (χ4n) is 3.52. The van der Waals surface area contributed by atoms with E-state index in [0.717, 1.165) is 29.4 Å². The van der Waals surface area contributed by atoms with Gasteiger partial charge in [-0.2, -0.15) is 0 Å². The van der Waals surface area contributed by atoms with Crippen molar-refractivity contribution in [2.75, 3.05) is 29.1 Å². The zero-order valence-corrected chi connectivity index (χ0v) is 16.6. The molecule has 146 valence electrons. The van der Waals surface area contributed by atoms with E-state index in [0.29, 0.717) is 23.5 Å². The van der Waals surface area contributed by atoms with E-state index in [4.69, 9.17) is 0 Å². The molecule has 1 fully saturated rings. The van der Waals surface area contributed by atoms with Crippen molar-refractivity contribution in [2.45, 2.75) is 37.1 Å². The molecule has 0 saturated carbocycles.